The Balaban J connectivity index is 1.83. The van der Waals surface area contributed by atoms with E-state index >= 15 is 0 Å². The Morgan fingerprint density at radius 1 is 1.16 bits per heavy atom. The minimum Gasteiger partial charge on any atom is -0.504 e. The van der Waals surface area contributed by atoms with Crippen molar-refractivity contribution in [3.8, 4) is 11.5 Å². The third-order valence-corrected chi connectivity index (χ3v) is 4.57. The number of thioether (sulfide) groups is 1. The van der Waals surface area contributed by atoms with Crippen LogP contribution >= 0.6 is 24.0 Å². The number of hydrazone groups is 1. The van der Waals surface area contributed by atoms with Gasteiger partial charge in [0.25, 0.3) is 5.91 Å². The summed E-state index contributed by atoms with van der Waals surface area (Å²) in [5.41, 5.74) is 0.762. The Labute approximate surface area is 152 Å². The van der Waals surface area contributed by atoms with Crippen LogP contribution < -0.4 is 0 Å². The van der Waals surface area contributed by atoms with Gasteiger partial charge in [0, 0.05) is 5.56 Å². The van der Waals surface area contributed by atoms with E-state index in [0.717, 1.165) is 16.8 Å². The minimum atomic E-state index is -0.461. The highest BCUT2D eigenvalue weighted by atomic mass is 32.2. The van der Waals surface area contributed by atoms with Crippen LogP contribution in [0, 0.1) is 5.82 Å². The van der Waals surface area contributed by atoms with Gasteiger partial charge in [-0.2, -0.15) is 10.1 Å². The van der Waals surface area contributed by atoms with E-state index < -0.39 is 11.7 Å². The van der Waals surface area contributed by atoms with Crippen LogP contribution in [0.4, 0.5) is 4.39 Å². The van der Waals surface area contributed by atoms with E-state index in [1.54, 1.807) is 18.2 Å². The molecule has 126 valence electrons. The van der Waals surface area contributed by atoms with Crippen molar-refractivity contribution in [3.05, 3.63) is 64.3 Å². The zero-order valence-electron chi connectivity index (χ0n) is 12.6. The fraction of sp³-hybridized carbons (Fsp3) is 0. The molecular weight excluding hydrogens is 363 g/mol. The lowest BCUT2D eigenvalue weighted by Gasteiger charge is -2.06. The standard InChI is InChI=1S/C17H11FN2O3S2/c18-12-4-2-1-3-11(12)8-15-16(23)20(17(24)25-15)19-9-10-5-6-13(21)14(22)7-10/h1-9,21-22H/b15-8+,19-9+. The highest BCUT2D eigenvalue weighted by molar-refractivity contribution is 8.26. The van der Waals surface area contributed by atoms with Gasteiger partial charge in [-0.1, -0.05) is 30.0 Å². The highest BCUT2D eigenvalue weighted by Gasteiger charge is 2.32. The maximum absolute atomic E-state index is 13.7. The molecule has 2 aromatic carbocycles. The number of amides is 1. The number of aromatic hydroxyl groups is 2. The predicted molar refractivity (Wildman–Crippen MR) is 98.8 cm³/mol. The van der Waals surface area contributed by atoms with Gasteiger partial charge in [0.15, 0.2) is 15.8 Å². The molecule has 1 heterocycles. The zero-order valence-corrected chi connectivity index (χ0v) is 14.2. The van der Waals surface area contributed by atoms with Crippen LogP contribution in [0.3, 0.4) is 0 Å². The molecule has 0 bridgehead atoms. The molecule has 2 aromatic rings. The quantitative estimate of drug-likeness (QED) is 0.372. The molecule has 1 fully saturated rings. The molecule has 2 N–H and O–H groups in total. The Morgan fingerprint density at radius 2 is 1.92 bits per heavy atom. The second kappa shape index (κ2) is 7.04. The van der Waals surface area contributed by atoms with Crippen LogP contribution in [0.5, 0.6) is 11.5 Å². The van der Waals surface area contributed by atoms with Crippen molar-refractivity contribution in [1.29, 1.82) is 0 Å². The average Bonchev–Trinajstić information content (AvgIpc) is 2.85. The van der Waals surface area contributed by atoms with Crippen molar-refractivity contribution in [2.45, 2.75) is 0 Å². The summed E-state index contributed by atoms with van der Waals surface area (Å²) in [5, 5.41) is 23.8. The van der Waals surface area contributed by atoms with Gasteiger partial charge in [-0.3, -0.25) is 4.79 Å². The van der Waals surface area contributed by atoms with Gasteiger partial charge in [-0.05, 0) is 48.1 Å². The van der Waals surface area contributed by atoms with Gasteiger partial charge in [-0.15, -0.1) is 0 Å². The van der Waals surface area contributed by atoms with Crippen LogP contribution in [0.15, 0.2) is 52.5 Å². The van der Waals surface area contributed by atoms with Gasteiger partial charge >= 0.3 is 0 Å². The summed E-state index contributed by atoms with van der Waals surface area (Å²) in [7, 11) is 0. The molecule has 0 aromatic heterocycles. The van der Waals surface area contributed by atoms with Crippen LogP contribution in [0.1, 0.15) is 11.1 Å². The van der Waals surface area contributed by atoms with Crippen LogP contribution in [-0.4, -0.2) is 31.7 Å². The molecule has 1 aliphatic rings. The molecule has 25 heavy (non-hydrogen) atoms. The van der Waals surface area contributed by atoms with Crippen LogP contribution in [0.2, 0.25) is 0 Å². The topological polar surface area (TPSA) is 73.1 Å². The van der Waals surface area contributed by atoms with Crippen molar-refractivity contribution in [1.82, 2.24) is 5.01 Å². The first-order chi connectivity index (χ1) is 12.0. The third kappa shape index (κ3) is 3.70. The molecule has 0 unspecified atom stereocenters. The SMILES string of the molecule is O=C1/C(=C\c2ccccc2F)SC(=S)N1/N=C/c1ccc(O)c(O)c1. The maximum atomic E-state index is 13.7. The number of thiocarbonyl (C=S) groups is 1. The minimum absolute atomic E-state index is 0.215. The summed E-state index contributed by atoms with van der Waals surface area (Å²) >= 11 is 6.16. The molecular formula is C17H11FN2O3S2. The molecule has 1 saturated heterocycles. The fourth-order valence-corrected chi connectivity index (χ4v) is 3.20. The van der Waals surface area contributed by atoms with Crippen molar-refractivity contribution in [3.63, 3.8) is 0 Å². The molecule has 0 saturated carbocycles. The number of hydrogen-bond donors (Lipinski definition) is 2. The first-order valence-corrected chi connectivity index (χ1v) is 8.26. The maximum Gasteiger partial charge on any atom is 0.286 e. The Bertz CT molecular complexity index is 928. The van der Waals surface area contributed by atoms with Gasteiger partial charge in [0.2, 0.25) is 0 Å². The number of benzene rings is 2. The summed E-state index contributed by atoms with van der Waals surface area (Å²) in [6.45, 7) is 0. The number of rotatable bonds is 3. The smallest absolute Gasteiger partial charge is 0.286 e. The summed E-state index contributed by atoms with van der Waals surface area (Å²) in [5.74, 6) is -1.45. The van der Waals surface area contributed by atoms with Crippen LogP contribution in [0.25, 0.3) is 6.08 Å². The molecule has 8 heteroatoms. The Kier molecular flexibility index (Phi) is 4.82. The van der Waals surface area contributed by atoms with E-state index in [4.69, 9.17) is 12.2 Å². The lowest BCUT2D eigenvalue weighted by atomic mass is 10.2. The average molecular weight is 374 g/mol. The number of phenolic OH excluding ortho intramolecular Hbond substituents is 2. The first kappa shape index (κ1) is 17.1. The van der Waals surface area contributed by atoms with Crippen molar-refractivity contribution >= 4 is 46.5 Å². The first-order valence-electron chi connectivity index (χ1n) is 7.04. The monoisotopic (exact) mass is 374 g/mol. The zero-order chi connectivity index (χ0) is 18.0. The predicted octanol–water partition coefficient (Wildman–Crippen LogP) is 3.47. The summed E-state index contributed by atoms with van der Waals surface area (Å²) in [6.07, 6.45) is 2.76. The summed E-state index contributed by atoms with van der Waals surface area (Å²) in [6, 6.07) is 10.2. The van der Waals surface area contributed by atoms with Crippen molar-refractivity contribution < 1.29 is 19.4 Å². The van der Waals surface area contributed by atoms with E-state index in [-0.39, 0.29) is 26.3 Å². The fourth-order valence-electron chi connectivity index (χ4n) is 2.04. The third-order valence-electron chi connectivity index (χ3n) is 3.29. The molecule has 0 radical (unpaired) electrons. The second-order valence-corrected chi connectivity index (χ2v) is 6.68. The molecule has 0 spiro atoms. The van der Waals surface area contributed by atoms with E-state index in [1.807, 2.05) is 0 Å². The normalized spacial score (nSPS) is 16.4. The van der Waals surface area contributed by atoms with Crippen molar-refractivity contribution in [2.24, 2.45) is 5.10 Å². The summed E-state index contributed by atoms with van der Waals surface area (Å²) in [4.78, 5) is 12.7. The number of hydrogen-bond acceptors (Lipinski definition) is 6. The van der Waals surface area contributed by atoms with E-state index in [1.165, 1.54) is 36.6 Å². The number of phenols is 2. The summed E-state index contributed by atoms with van der Waals surface area (Å²) < 4.78 is 13.9. The van der Waals surface area contributed by atoms with Gasteiger partial charge < -0.3 is 10.2 Å². The van der Waals surface area contributed by atoms with Crippen LogP contribution in [-0.2, 0) is 4.79 Å². The van der Waals surface area contributed by atoms with E-state index in [2.05, 4.69) is 5.10 Å². The molecule has 3 rings (SSSR count). The van der Waals surface area contributed by atoms with Gasteiger partial charge in [-0.25, -0.2) is 4.39 Å². The van der Waals surface area contributed by atoms with Gasteiger partial charge in [0.05, 0.1) is 11.1 Å². The lowest BCUT2D eigenvalue weighted by molar-refractivity contribution is -0.122. The number of carbonyl (C=O) groups is 1. The Hall–Kier alpha value is -2.71. The van der Waals surface area contributed by atoms with E-state index in [9.17, 15) is 19.4 Å². The Morgan fingerprint density at radius 3 is 2.64 bits per heavy atom. The molecule has 1 aliphatic heterocycles. The number of carbonyl (C=O) groups excluding carboxylic acids is 1. The molecule has 5 nitrogen and oxygen atoms in total. The molecule has 0 atom stereocenters. The second-order valence-electron chi connectivity index (χ2n) is 5.01. The van der Waals surface area contributed by atoms with Crippen molar-refractivity contribution in [2.75, 3.05) is 0 Å². The lowest BCUT2D eigenvalue weighted by Crippen LogP contribution is -2.22. The number of nitrogens with zero attached hydrogens (tertiary/aromatic N) is 2. The number of halogens is 1. The molecule has 0 aliphatic carbocycles. The van der Waals surface area contributed by atoms with Gasteiger partial charge in [0.1, 0.15) is 5.82 Å². The molecule has 1 amide bonds. The highest BCUT2D eigenvalue weighted by Crippen LogP contribution is 2.33. The largest absolute Gasteiger partial charge is 0.504 e. The van der Waals surface area contributed by atoms with E-state index in [0.29, 0.717) is 5.56 Å².